The minimum atomic E-state index is -0.691. The van der Waals surface area contributed by atoms with E-state index in [1.165, 1.54) is 12.1 Å². The average molecular weight is 257 g/mol. The highest BCUT2D eigenvalue weighted by atomic mass is 16.6. The summed E-state index contributed by atoms with van der Waals surface area (Å²) in [7, 11) is 0. The van der Waals surface area contributed by atoms with Crippen LogP contribution in [0.3, 0.4) is 0 Å². The van der Waals surface area contributed by atoms with Crippen LogP contribution in [0.4, 0.5) is 11.6 Å². The zero-order valence-electron chi connectivity index (χ0n) is 9.48. The topological polar surface area (TPSA) is 128 Å². The van der Waals surface area contributed by atoms with Gasteiger partial charge in [-0.05, 0) is 12.1 Å². The predicted molar refractivity (Wildman–Crippen MR) is 64.3 cm³/mol. The van der Waals surface area contributed by atoms with Crippen LogP contribution >= 0.6 is 0 Å². The number of aromatic nitrogens is 2. The Kier molecular flexibility index (Phi) is 3.20. The third kappa shape index (κ3) is 2.55. The first-order valence-electron chi connectivity index (χ1n) is 5.05. The van der Waals surface area contributed by atoms with Gasteiger partial charge in [0.2, 0.25) is 5.95 Å². The standard InChI is InChI=1S/C11H7N5O3/c12-5-7-3-1-2-4-9(7)19-10-8(16(17)18)6-14-11(13)15-10/h1-4,6H,(H2,13,14,15). The molecular formula is C11H7N5O3. The summed E-state index contributed by atoms with van der Waals surface area (Å²) in [6.07, 6.45) is 0.951. The number of nitriles is 1. The van der Waals surface area contributed by atoms with E-state index in [0.717, 1.165) is 6.20 Å². The number of anilines is 1. The van der Waals surface area contributed by atoms with Gasteiger partial charge in [0.05, 0.1) is 10.5 Å². The molecule has 1 aromatic heterocycles. The Morgan fingerprint density at radius 3 is 2.84 bits per heavy atom. The normalized spacial score (nSPS) is 9.63. The average Bonchev–Trinajstić information content (AvgIpc) is 2.39. The molecular weight excluding hydrogens is 250 g/mol. The highest BCUT2D eigenvalue weighted by molar-refractivity contribution is 5.48. The Labute approximate surface area is 107 Å². The van der Waals surface area contributed by atoms with Crippen molar-refractivity contribution in [3.05, 3.63) is 46.1 Å². The molecule has 0 saturated heterocycles. The number of nitro groups is 1. The van der Waals surface area contributed by atoms with Gasteiger partial charge in [-0.2, -0.15) is 10.2 Å². The number of rotatable bonds is 3. The lowest BCUT2D eigenvalue weighted by molar-refractivity contribution is -0.386. The molecule has 0 atom stereocenters. The molecule has 2 N–H and O–H groups in total. The lowest BCUT2D eigenvalue weighted by Gasteiger charge is -2.06. The SMILES string of the molecule is N#Cc1ccccc1Oc1nc(N)ncc1[N+](=O)[O-]. The second kappa shape index (κ2) is 4.97. The van der Waals surface area contributed by atoms with E-state index in [0.29, 0.717) is 0 Å². The van der Waals surface area contributed by atoms with Crippen molar-refractivity contribution in [1.82, 2.24) is 9.97 Å². The maximum Gasteiger partial charge on any atom is 0.349 e. The summed E-state index contributed by atoms with van der Waals surface area (Å²) in [6, 6.07) is 8.21. The summed E-state index contributed by atoms with van der Waals surface area (Å²) < 4.78 is 5.28. The molecule has 0 amide bonds. The van der Waals surface area contributed by atoms with E-state index >= 15 is 0 Å². The number of ether oxygens (including phenoxy) is 1. The van der Waals surface area contributed by atoms with Crippen LogP contribution in [0.5, 0.6) is 11.6 Å². The largest absolute Gasteiger partial charge is 0.432 e. The number of nitrogens with two attached hydrogens (primary N) is 1. The zero-order valence-corrected chi connectivity index (χ0v) is 9.48. The molecule has 1 heterocycles. The van der Waals surface area contributed by atoms with Crippen LogP contribution in [0.25, 0.3) is 0 Å². The van der Waals surface area contributed by atoms with Gasteiger partial charge >= 0.3 is 11.6 Å². The molecule has 0 spiro atoms. The van der Waals surface area contributed by atoms with Crippen molar-refractivity contribution in [3.8, 4) is 17.7 Å². The minimum absolute atomic E-state index is 0.157. The zero-order chi connectivity index (χ0) is 13.8. The smallest absolute Gasteiger partial charge is 0.349 e. The quantitative estimate of drug-likeness (QED) is 0.653. The number of nitrogens with zero attached hydrogens (tertiary/aromatic N) is 4. The van der Waals surface area contributed by atoms with Gasteiger partial charge in [-0.3, -0.25) is 10.1 Å². The van der Waals surface area contributed by atoms with Crippen molar-refractivity contribution in [2.45, 2.75) is 0 Å². The molecule has 19 heavy (non-hydrogen) atoms. The van der Waals surface area contributed by atoms with Crippen LogP contribution in [0.15, 0.2) is 30.5 Å². The molecule has 0 aliphatic carbocycles. The number of para-hydroxylation sites is 1. The van der Waals surface area contributed by atoms with E-state index in [-0.39, 0.29) is 23.1 Å². The van der Waals surface area contributed by atoms with Gasteiger partial charge < -0.3 is 10.5 Å². The fourth-order valence-corrected chi connectivity index (χ4v) is 1.33. The Morgan fingerprint density at radius 2 is 2.16 bits per heavy atom. The summed E-state index contributed by atoms with van der Waals surface area (Å²) in [6.45, 7) is 0. The molecule has 8 heteroatoms. The summed E-state index contributed by atoms with van der Waals surface area (Å²) in [5.74, 6) is -0.304. The highest BCUT2D eigenvalue weighted by Gasteiger charge is 2.20. The number of hydrogen-bond donors (Lipinski definition) is 1. The molecule has 0 unspecified atom stereocenters. The lowest BCUT2D eigenvalue weighted by Crippen LogP contribution is -2.02. The van der Waals surface area contributed by atoms with Crippen molar-refractivity contribution < 1.29 is 9.66 Å². The maximum atomic E-state index is 10.8. The minimum Gasteiger partial charge on any atom is -0.432 e. The highest BCUT2D eigenvalue weighted by Crippen LogP contribution is 2.30. The molecule has 0 aliphatic heterocycles. The third-order valence-electron chi connectivity index (χ3n) is 2.17. The van der Waals surface area contributed by atoms with E-state index in [2.05, 4.69) is 9.97 Å². The van der Waals surface area contributed by atoms with Crippen LogP contribution in [0.1, 0.15) is 5.56 Å². The van der Waals surface area contributed by atoms with Crippen molar-refractivity contribution >= 4 is 11.6 Å². The molecule has 8 nitrogen and oxygen atoms in total. The molecule has 0 saturated carbocycles. The maximum absolute atomic E-state index is 10.8. The Balaban J connectivity index is 2.46. The van der Waals surface area contributed by atoms with Crippen molar-refractivity contribution in [2.24, 2.45) is 0 Å². The molecule has 1 aromatic carbocycles. The number of hydrogen-bond acceptors (Lipinski definition) is 7. The Morgan fingerprint density at radius 1 is 1.42 bits per heavy atom. The molecule has 0 bridgehead atoms. The predicted octanol–water partition coefficient (Wildman–Crippen LogP) is 1.63. The summed E-state index contributed by atoms with van der Waals surface area (Å²) in [4.78, 5) is 17.3. The van der Waals surface area contributed by atoms with Gasteiger partial charge in [0.1, 0.15) is 18.0 Å². The molecule has 0 radical (unpaired) electrons. The summed E-state index contributed by atoms with van der Waals surface area (Å²) in [5, 5.41) is 19.7. The van der Waals surface area contributed by atoms with Crippen LogP contribution in [0, 0.1) is 21.4 Å². The first-order chi connectivity index (χ1) is 9.11. The van der Waals surface area contributed by atoms with Crippen LogP contribution in [-0.2, 0) is 0 Å². The van der Waals surface area contributed by atoms with Gasteiger partial charge in [-0.25, -0.2) is 4.98 Å². The fourth-order valence-electron chi connectivity index (χ4n) is 1.33. The molecule has 2 rings (SSSR count). The Bertz CT molecular complexity index is 680. The number of nitrogen functional groups attached to an aromatic ring is 1. The van der Waals surface area contributed by atoms with Crippen molar-refractivity contribution in [1.29, 1.82) is 5.26 Å². The second-order valence-electron chi connectivity index (χ2n) is 3.39. The van der Waals surface area contributed by atoms with E-state index in [1.54, 1.807) is 12.1 Å². The van der Waals surface area contributed by atoms with E-state index in [1.807, 2.05) is 6.07 Å². The van der Waals surface area contributed by atoms with Gasteiger partial charge in [0, 0.05) is 0 Å². The van der Waals surface area contributed by atoms with Crippen LogP contribution < -0.4 is 10.5 Å². The molecule has 0 aliphatic rings. The first kappa shape index (κ1) is 12.3. The fraction of sp³-hybridized carbons (Fsp3) is 0. The molecule has 0 fully saturated rings. The van der Waals surface area contributed by atoms with Crippen LogP contribution in [-0.4, -0.2) is 14.9 Å². The van der Waals surface area contributed by atoms with E-state index < -0.39 is 10.6 Å². The van der Waals surface area contributed by atoms with Gasteiger partial charge in [0.15, 0.2) is 0 Å². The van der Waals surface area contributed by atoms with Gasteiger partial charge in [-0.15, -0.1) is 0 Å². The van der Waals surface area contributed by atoms with Crippen molar-refractivity contribution in [3.63, 3.8) is 0 Å². The van der Waals surface area contributed by atoms with Gasteiger partial charge in [-0.1, -0.05) is 12.1 Å². The summed E-state index contributed by atoms with van der Waals surface area (Å²) in [5.41, 5.74) is 5.16. The van der Waals surface area contributed by atoms with Gasteiger partial charge in [0.25, 0.3) is 0 Å². The molecule has 2 aromatic rings. The van der Waals surface area contributed by atoms with E-state index in [9.17, 15) is 10.1 Å². The first-order valence-corrected chi connectivity index (χ1v) is 5.05. The second-order valence-corrected chi connectivity index (χ2v) is 3.39. The van der Waals surface area contributed by atoms with Crippen molar-refractivity contribution in [2.75, 3.05) is 5.73 Å². The van der Waals surface area contributed by atoms with E-state index in [4.69, 9.17) is 15.7 Å². The number of benzene rings is 1. The summed E-state index contributed by atoms with van der Waals surface area (Å²) >= 11 is 0. The monoisotopic (exact) mass is 257 g/mol. The molecule has 94 valence electrons. The van der Waals surface area contributed by atoms with Crippen LogP contribution in [0.2, 0.25) is 0 Å². The Hall–Kier alpha value is -3.21. The third-order valence-corrected chi connectivity index (χ3v) is 2.17. The lowest BCUT2D eigenvalue weighted by atomic mass is 10.2.